The van der Waals surface area contributed by atoms with E-state index in [2.05, 4.69) is 10.1 Å². The van der Waals surface area contributed by atoms with Crippen molar-refractivity contribution in [2.45, 2.75) is 6.92 Å². The molecule has 7 heteroatoms. The van der Waals surface area contributed by atoms with E-state index in [9.17, 15) is 4.79 Å². The first-order valence-corrected chi connectivity index (χ1v) is 7.20. The van der Waals surface area contributed by atoms with E-state index in [1.54, 1.807) is 13.2 Å². The highest BCUT2D eigenvalue weighted by Gasteiger charge is 2.18. The lowest BCUT2D eigenvalue weighted by molar-refractivity contribution is 0.122. The molecule has 116 valence electrons. The Morgan fingerprint density at radius 3 is 2.73 bits per heavy atom. The molecule has 0 atom stereocenters. The lowest BCUT2D eigenvalue weighted by Crippen LogP contribution is -2.40. The lowest BCUT2D eigenvalue weighted by atomic mass is 10.1. The maximum Gasteiger partial charge on any atom is 0.290 e. The number of pyridine rings is 1. The van der Waals surface area contributed by atoms with Crippen LogP contribution in [0.15, 0.2) is 23.1 Å². The number of nitrogen functional groups attached to an aromatic ring is 1. The van der Waals surface area contributed by atoms with Crippen LogP contribution in [0.4, 0.5) is 11.4 Å². The van der Waals surface area contributed by atoms with Gasteiger partial charge in [0.05, 0.1) is 30.8 Å². The van der Waals surface area contributed by atoms with Crippen molar-refractivity contribution >= 4 is 11.4 Å². The number of aromatic nitrogens is 3. The SMILES string of the molecule is Cc1ncc(N)cc1-c1cc(N2CCOCC2)c(=O)n(C)n1. The molecule has 0 aromatic carbocycles. The Labute approximate surface area is 128 Å². The van der Waals surface area contributed by atoms with Crippen LogP contribution in [0, 0.1) is 6.92 Å². The fourth-order valence-electron chi connectivity index (χ4n) is 2.56. The molecule has 1 aliphatic heterocycles. The molecule has 0 amide bonds. The van der Waals surface area contributed by atoms with Gasteiger partial charge in [0.2, 0.25) is 0 Å². The minimum atomic E-state index is -0.111. The minimum Gasteiger partial charge on any atom is -0.397 e. The predicted octanol–water partition coefficient (Wildman–Crippen LogP) is 0.570. The molecule has 3 heterocycles. The van der Waals surface area contributed by atoms with E-state index in [0.29, 0.717) is 43.4 Å². The van der Waals surface area contributed by atoms with Gasteiger partial charge in [-0.15, -0.1) is 0 Å². The number of aryl methyl sites for hydroxylation is 2. The van der Waals surface area contributed by atoms with Crippen LogP contribution in [0.3, 0.4) is 0 Å². The number of rotatable bonds is 2. The number of morpholine rings is 1. The van der Waals surface area contributed by atoms with Gasteiger partial charge in [0.15, 0.2) is 0 Å². The fourth-order valence-corrected chi connectivity index (χ4v) is 2.56. The average Bonchev–Trinajstić information content (AvgIpc) is 2.53. The topological polar surface area (TPSA) is 86.3 Å². The maximum absolute atomic E-state index is 12.4. The molecular formula is C15H19N5O2. The van der Waals surface area contributed by atoms with Gasteiger partial charge in [-0.1, -0.05) is 0 Å². The molecule has 2 N–H and O–H groups in total. The second kappa shape index (κ2) is 5.76. The first-order valence-electron chi connectivity index (χ1n) is 7.20. The van der Waals surface area contributed by atoms with Crippen molar-refractivity contribution in [2.24, 2.45) is 7.05 Å². The largest absolute Gasteiger partial charge is 0.397 e. The lowest BCUT2D eigenvalue weighted by Gasteiger charge is -2.28. The van der Waals surface area contributed by atoms with Crippen molar-refractivity contribution in [1.82, 2.24) is 14.8 Å². The highest BCUT2D eigenvalue weighted by atomic mass is 16.5. The highest BCUT2D eigenvalue weighted by molar-refractivity contribution is 5.68. The molecule has 0 aliphatic carbocycles. The molecule has 0 saturated carbocycles. The summed E-state index contributed by atoms with van der Waals surface area (Å²) in [5.74, 6) is 0. The molecule has 22 heavy (non-hydrogen) atoms. The van der Waals surface area contributed by atoms with E-state index < -0.39 is 0 Å². The second-order valence-corrected chi connectivity index (χ2v) is 5.34. The summed E-state index contributed by atoms with van der Waals surface area (Å²) in [6.45, 7) is 4.55. The number of hydrogen-bond acceptors (Lipinski definition) is 6. The first kappa shape index (κ1) is 14.5. The predicted molar refractivity (Wildman–Crippen MR) is 84.9 cm³/mol. The van der Waals surface area contributed by atoms with Crippen molar-refractivity contribution in [2.75, 3.05) is 36.9 Å². The third-order valence-corrected chi connectivity index (χ3v) is 3.78. The van der Waals surface area contributed by atoms with Crippen LogP contribution in [0.1, 0.15) is 5.69 Å². The van der Waals surface area contributed by atoms with Gasteiger partial charge < -0.3 is 15.4 Å². The highest BCUT2D eigenvalue weighted by Crippen LogP contribution is 2.24. The smallest absolute Gasteiger partial charge is 0.290 e. The normalized spacial score (nSPS) is 15.1. The number of nitrogens with zero attached hydrogens (tertiary/aromatic N) is 4. The number of nitrogens with two attached hydrogens (primary N) is 1. The van der Waals surface area contributed by atoms with E-state index in [1.165, 1.54) is 4.68 Å². The van der Waals surface area contributed by atoms with Gasteiger partial charge in [-0.3, -0.25) is 9.78 Å². The molecule has 0 spiro atoms. The second-order valence-electron chi connectivity index (χ2n) is 5.34. The van der Waals surface area contributed by atoms with Crippen LogP contribution < -0.4 is 16.2 Å². The van der Waals surface area contributed by atoms with Gasteiger partial charge in [-0.05, 0) is 19.1 Å². The molecule has 2 aromatic rings. The monoisotopic (exact) mass is 301 g/mol. The molecule has 3 rings (SSSR count). The van der Waals surface area contributed by atoms with Crippen molar-refractivity contribution in [3.8, 4) is 11.3 Å². The van der Waals surface area contributed by atoms with Crippen LogP contribution in [-0.4, -0.2) is 41.1 Å². The Morgan fingerprint density at radius 1 is 1.27 bits per heavy atom. The van der Waals surface area contributed by atoms with Gasteiger partial charge >= 0.3 is 0 Å². The van der Waals surface area contributed by atoms with Crippen LogP contribution in [0.5, 0.6) is 0 Å². The Morgan fingerprint density at radius 2 is 2.00 bits per heavy atom. The van der Waals surface area contributed by atoms with E-state index in [-0.39, 0.29) is 5.56 Å². The van der Waals surface area contributed by atoms with Crippen molar-refractivity contribution in [3.05, 3.63) is 34.4 Å². The molecule has 0 bridgehead atoms. The number of anilines is 2. The number of hydrogen-bond donors (Lipinski definition) is 1. The van der Waals surface area contributed by atoms with Crippen LogP contribution in [-0.2, 0) is 11.8 Å². The summed E-state index contributed by atoms with van der Waals surface area (Å²) in [6.07, 6.45) is 1.61. The summed E-state index contributed by atoms with van der Waals surface area (Å²) < 4.78 is 6.71. The summed E-state index contributed by atoms with van der Waals surface area (Å²) in [5.41, 5.74) is 9.29. The summed E-state index contributed by atoms with van der Waals surface area (Å²) in [5, 5.41) is 4.35. The molecule has 1 saturated heterocycles. The Hall–Kier alpha value is -2.41. The third-order valence-electron chi connectivity index (χ3n) is 3.78. The first-order chi connectivity index (χ1) is 10.6. The van der Waals surface area contributed by atoms with Gasteiger partial charge in [-0.2, -0.15) is 5.10 Å². The van der Waals surface area contributed by atoms with Crippen molar-refractivity contribution < 1.29 is 4.74 Å². The fraction of sp³-hybridized carbons (Fsp3) is 0.400. The summed E-state index contributed by atoms with van der Waals surface area (Å²) in [7, 11) is 1.66. The molecule has 0 radical (unpaired) electrons. The quantitative estimate of drug-likeness (QED) is 0.872. The van der Waals surface area contributed by atoms with E-state index in [4.69, 9.17) is 10.5 Å². The molecule has 7 nitrogen and oxygen atoms in total. The summed E-state index contributed by atoms with van der Waals surface area (Å²) >= 11 is 0. The maximum atomic E-state index is 12.4. The van der Waals surface area contributed by atoms with Crippen LogP contribution >= 0.6 is 0 Å². The molecule has 1 aliphatic rings. The van der Waals surface area contributed by atoms with E-state index in [1.807, 2.05) is 24.0 Å². The average molecular weight is 301 g/mol. The van der Waals surface area contributed by atoms with Gasteiger partial charge in [0.1, 0.15) is 5.69 Å². The van der Waals surface area contributed by atoms with E-state index >= 15 is 0 Å². The van der Waals surface area contributed by atoms with Crippen LogP contribution in [0.2, 0.25) is 0 Å². The Bertz CT molecular complexity index is 750. The van der Waals surface area contributed by atoms with Crippen molar-refractivity contribution in [3.63, 3.8) is 0 Å². The molecular weight excluding hydrogens is 282 g/mol. The summed E-state index contributed by atoms with van der Waals surface area (Å²) in [6, 6.07) is 3.65. The van der Waals surface area contributed by atoms with E-state index in [0.717, 1.165) is 11.3 Å². The standard InChI is InChI=1S/C15H19N5O2/c1-10-12(7-11(16)9-17-10)13-8-14(15(21)19(2)18-13)20-3-5-22-6-4-20/h7-9H,3-6,16H2,1-2H3. The Balaban J connectivity index is 2.11. The third kappa shape index (κ3) is 2.67. The zero-order valence-corrected chi connectivity index (χ0v) is 12.7. The van der Waals surface area contributed by atoms with Crippen molar-refractivity contribution in [1.29, 1.82) is 0 Å². The van der Waals surface area contributed by atoms with Crippen LogP contribution in [0.25, 0.3) is 11.3 Å². The molecule has 0 unspecified atom stereocenters. The minimum absolute atomic E-state index is 0.111. The zero-order chi connectivity index (χ0) is 15.7. The van der Waals surface area contributed by atoms with Gasteiger partial charge in [0.25, 0.3) is 5.56 Å². The summed E-state index contributed by atoms with van der Waals surface area (Å²) in [4.78, 5) is 18.7. The molecule has 2 aromatic heterocycles. The van der Waals surface area contributed by atoms with Gasteiger partial charge in [-0.25, -0.2) is 4.68 Å². The molecule has 1 fully saturated rings. The number of ether oxygens (including phenoxy) is 1. The Kier molecular flexibility index (Phi) is 3.81. The van der Waals surface area contributed by atoms with Gasteiger partial charge in [0, 0.05) is 31.4 Å². The zero-order valence-electron chi connectivity index (χ0n) is 12.7.